The molecule has 0 aromatic heterocycles. The van der Waals surface area contributed by atoms with Gasteiger partial charge in [-0.2, -0.15) is 0 Å². The number of amides is 1. The predicted octanol–water partition coefficient (Wildman–Crippen LogP) is 3.80. The fourth-order valence-corrected chi connectivity index (χ4v) is 3.85. The Kier molecular flexibility index (Phi) is 5.76. The van der Waals surface area contributed by atoms with Gasteiger partial charge in [0.05, 0.1) is 0 Å². The summed E-state index contributed by atoms with van der Waals surface area (Å²) in [6.07, 6.45) is 5.85. The van der Waals surface area contributed by atoms with Crippen LogP contribution in [0.3, 0.4) is 0 Å². The molecule has 2 aliphatic rings. The molecule has 0 spiro atoms. The Balaban J connectivity index is 1.77. The minimum absolute atomic E-state index is 0.109. The first-order chi connectivity index (χ1) is 10.3. The van der Waals surface area contributed by atoms with Crippen molar-refractivity contribution >= 4 is 6.09 Å². The highest BCUT2D eigenvalue weighted by molar-refractivity contribution is 5.70. The van der Waals surface area contributed by atoms with E-state index in [0.717, 1.165) is 38.3 Å². The Bertz CT molecular complexity index is 376. The molecule has 2 aliphatic heterocycles. The lowest BCUT2D eigenvalue weighted by molar-refractivity contribution is 0.0205. The fraction of sp³-hybridized carbons (Fsp3) is 0.944. The zero-order valence-electron chi connectivity index (χ0n) is 15.0. The molecule has 4 nitrogen and oxygen atoms in total. The molecular formula is C18H34N2O2. The van der Waals surface area contributed by atoms with Gasteiger partial charge in [-0.3, -0.25) is 0 Å². The van der Waals surface area contributed by atoms with Gasteiger partial charge in [-0.1, -0.05) is 13.8 Å². The first kappa shape index (κ1) is 17.6. The van der Waals surface area contributed by atoms with Crippen molar-refractivity contribution in [3.63, 3.8) is 0 Å². The first-order valence-corrected chi connectivity index (χ1v) is 9.00. The minimum atomic E-state index is -0.399. The molecule has 0 aliphatic carbocycles. The predicted molar refractivity (Wildman–Crippen MR) is 89.9 cm³/mol. The zero-order chi connectivity index (χ0) is 16.3. The van der Waals surface area contributed by atoms with Crippen LogP contribution in [0.4, 0.5) is 4.79 Å². The number of nitrogens with zero attached hydrogens (tertiary/aromatic N) is 1. The zero-order valence-corrected chi connectivity index (χ0v) is 15.0. The Labute approximate surface area is 136 Å². The van der Waals surface area contributed by atoms with E-state index < -0.39 is 5.60 Å². The van der Waals surface area contributed by atoms with Crippen molar-refractivity contribution in [3.8, 4) is 0 Å². The summed E-state index contributed by atoms with van der Waals surface area (Å²) in [6, 6.07) is 0.791. The van der Waals surface area contributed by atoms with Crippen LogP contribution in [-0.2, 0) is 4.74 Å². The molecule has 3 unspecified atom stereocenters. The smallest absolute Gasteiger partial charge is 0.410 e. The standard InChI is InChI=1S/C18H34N2O2/c1-13(2)7-6-10-19-12-14-11-15-8-9-16(14)20(15)17(21)22-18(3,4)5/h13-16,19H,6-12H2,1-5H3. The molecule has 2 saturated heterocycles. The van der Waals surface area contributed by atoms with Crippen molar-refractivity contribution in [2.75, 3.05) is 13.1 Å². The second kappa shape index (κ2) is 7.20. The van der Waals surface area contributed by atoms with Crippen LogP contribution in [0.25, 0.3) is 0 Å². The maximum atomic E-state index is 12.4. The van der Waals surface area contributed by atoms with Crippen molar-refractivity contribution < 1.29 is 9.53 Å². The molecule has 2 fully saturated rings. The summed E-state index contributed by atoms with van der Waals surface area (Å²) in [4.78, 5) is 14.4. The normalized spacial score (nSPS) is 27.7. The summed E-state index contributed by atoms with van der Waals surface area (Å²) in [6.45, 7) is 12.5. The SMILES string of the molecule is CC(C)CCCNCC1CC2CCC1N2C(=O)OC(C)(C)C. The molecule has 3 atom stereocenters. The van der Waals surface area contributed by atoms with Gasteiger partial charge < -0.3 is 15.0 Å². The van der Waals surface area contributed by atoms with E-state index in [-0.39, 0.29) is 6.09 Å². The van der Waals surface area contributed by atoms with Gasteiger partial charge in [0.2, 0.25) is 0 Å². The van der Waals surface area contributed by atoms with E-state index in [4.69, 9.17) is 4.74 Å². The van der Waals surface area contributed by atoms with Crippen LogP contribution in [0, 0.1) is 11.8 Å². The number of hydrogen-bond acceptors (Lipinski definition) is 3. The van der Waals surface area contributed by atoms with E-state index in [2.05, 4.69) is 19.2 Å². The molecule has 128 valence electrons. The second-order valence-electron chi connectivity index (χ2n) is 8.42. The van der Waals surface area contributed by atoms with Crippen molar-refractivity contribution in [1.82, 2.24) is 10.2 Å². The minimum Gasteiger partial charge on any atom is -0.444 e. The number of carbonyl (C=O) groups excluding carboxylic acids is 1. The fourth-order valence-electron chi connectivity index (χ4n) is 3.85. The van der Waals surface area contributed by atoms with E-state index in [1.807, 2.05) is 25.7 Å². The van der Waals surface area contributed by atoms with Crippen molar-refractivity contribution in [2.45, 2.75) is 84.4 Å². The number of ether oxygens (including phenoxy) is 1. The first-order valence-electron chi connectivity index (χ1n) is 9.00. The molecule has 0 aromatic rings. The Morgan fingerprint density at radius 2 is 2.05 bits per heavy atom. The van der Waals surface area contributed by atoms with Crippen LogP contribution >= 0.6 is 0 Å². The second-order valence-corrected chi connectivity index (χ2v) is 8.42. The maximum Gasteiger partial charge on any atom is 0.410 e. The molecule has 0 radical (unpaired) electrons. The van der Waals surface area contributed by atoms with Gasteiger partial charge in [0.15, 0.2) is 0 Å². The Morgan fingerprint density at radius 1 is 1.32 bits per heavy atom. The van der Waals surface area contributed by atoms with Crippen LogP contribution in [-0.4, -0.2) is 41.8 Å². The molecule has 22 heavy (non-hydrogen) atoms. The number of nitrogens with one attached hydrogen (secondary N) is 1. The molecule has 2 heterocycles. The summed E-state index contributed by atoms with van der Waals surface area (Å²) in [5.41, 5.74) is -0.399. The van der Waals surface area contributed by atoms with Gasteiger partial charge in [0.25, 0.3) is 0 Å². The summed E-state index contributed by atoms with van der Waals surface area (Å²) in [5, 5.41) is 3.60. The Morgan fingerprint density at radius 3 is 2.68 bits per heavy atom. The lowest BCUT2D eigenvalue weighted by Gasteiger charge is -2.28. The molecule has 4 heteroatoms. The highest BCUT2D eigenvalue weighted by atomic mass is 16.6. The van der Waals surface area contributed by atoms with Crippen molar-refractivity contribution in [3.05, 3.63) is 0 Å². The highest BCUT2D eigenvalue weighted by Crippen LogP contribution is 2.42. The molecule has 0 saturated carbocycles. The lowest BCUT2D eigenvalue weighted by atomic mass is 9.89. The van der Waals surface area contributed by atoms with Crippen LogP contribution < -0.4 is 5.32 Å². The molecule has 2 bridgehead atoms. The average Bonchev–Trinajstić information content (AvgIpc) is 2.93. The largest absolute Gasteiger partial charge is 0.444 e. The van der Waals surface area contributed by atoms with Crippen LogP contribution in [0.5, 0.6) is 0 Å². The van der Waals surface area contributed by atoms with Crippen LogP contribution in [0.2, 0.25) is 0 Å². The third kappa shape index (κ3) is 4.61. The molecule has 0 aromatic carbocycles. The van der Waals surface area contributed by atoms with Crippen molar-refractivity contribution in [2.24, 2.45) is 11.8 Å². The van der Waals surface area contributed by atoms with E-state index >= 15 is 0 Å². The average molecular weight is 310 g/mol. The quantitative estimate of drug-likeness (QED) is 0.759. The van der Waals surface area contributed by atoms with Gasteiger partial charge in [0.1, 0.15) is 5.60 Å². The van der Waals surface area contributed by atoms with Gasteiger partial charge >= 0.3 is 6.09 Å². The molecular weight excluding hydrogens is 276 g/mol. The number of fused-ring (bicyclic) bond motifs is 2. The van der Waals surface area contributed by atoms with E-state index in [1.165, 1.54) is 12.8 Å². The lowest BCUT2D eigenvalue weighted by Crippen LogP contribution is -2.41. The summed E-state index contributed by atoms with van der Waals surface area (Å²) in [5.74, 6) is 1.39. The molecule has 1 amide bonds. The monoisotopic (exact) mass is 310 g/mol. The van der Waals surface area contributed by atoms with Crippen molar-refractivity contribution in [1.29, 1.82) is 0 Å². The number of carbonyl (C=O) groups is 1. The third-order valence-corrected chi connectivity index (χ3v) is 4.81. The number of rotatable bonds is 6. The van der Waals surface area contributed by atoms with Gasteiger partial charge in [-0.05, 0) is 77.8 Å². The molecule has 1 N–H and O–H groups in total. The van der Waals surface area contributed by atoms with Gasteiger partial charge in [-0.25, -0.2) is 4.79 Å². The number of hydrogen-bond donors (Lipinski definition) is 1. The van der Waals surface area contributed by atoms with Gasteiger partial charge in [0, 0.05) is 12.1 Å². The summed E-state index contributed by atoms with van der Waals surface area (Å²) < 4.78 is 5.59. The Hall–Kier alpha value is -0.770. The summed E-state index contributed by atoms with van der Waals surface area (Å²) in [7, 11) is 0. The molecule has 2 rings (SSSR count). The van der Waals surface area contributed by atoms with E-state index in [9.17, 15) is 4.79 Å². The van der Waals surface area contributed by atoms with Gasteiger partial charge in [-0.15, -0.1) is 0 Å². The third-order valence-electron chi connectivity index (χ3n) is 4.81. The summed E-state index contributed by atoms with van der Waals surface area (Å²) >= 11 is 0. The van der Waals surface area contributed by atoms with Crippen LogP contribution in [0.1, 0.15) is 66.7 Å². The topological polar surface area (TPSA) is 41.6 Å². The van der Waals surface area contributed by atoms with Crippen LogP contribution in [0.15, 0.2) is 0 Å². The maximum absolute atomic E-state index is 12.4. The highest BCUT2D eigenvalue weighted by Gasteiger charge is 2.49. The van der Waals surface area contributed by atoms with E-state index in [0.29, 0.717) is 18.0 Å². The van der Waals surface area contributed by atoms with E-state index in [1.54, 1.807) is 0 Å².